The van der Waals surface area contributed by atoms with Gasteiger partial charge in [-0.3, -0.25) is 4.90 Å². The minimum atomic E-state index is -0.0284. The standard InChI is InChI=1S/C12H16N2O2/c15-8-2-4-10-3-1-5-11(9-10)14-7-6-13-12(14)16/h1,3,5,9,15H,2,4,6-8H2,(H,13,16). The van der Waals surface area contributed by atoms with Crippen LogP contribution in [0.2, 0.25) is 0 Å². The zero-order chi connectivity index (χ0) is 11.4. The number of nitrogens with one attached hydrogen (secondary N) is 1. The van der Waals surface area contributed by atoms with E-state index in [4.69, 9.17) is 5.11 Å². The Morgan fingerprint density at radius 3 is 3.00 bits per heavy atom. The summed E-state index contributed by atoms with van der Waals surface area (Å²) in [7, 11) is 0. The Kier molecular flexibility index (Phi) is 3.41. The Balaban J connectivity index is 2.12. The molecular weight excluding hydrogens is 204 g/mol. The molecule has 1 aliphatic rings. The highest BCUT2D eigenvalue weighted by molar-refractivity contribution is 5.94. The second kappa shape index (κ2) is 4.99. The van der Waals surface area contributed by atoms with E-state index in [2.05, 4.69) is 5.32 Å². The van der Waals surface area contributed by atoms with Crippen LogP contribution < -0.4 is 10.2 Å². The van der Waals surface area contributed by atoms with Gasteiger partial charge in [0.2, 0.25) is 0 Å². The lowest BCUT2D eigenvalue weighted by Gasteiger charge is -2.15. The Hall–Kier alpha value is -1.55. The first-order valence-electron chi connectivity index (χ1n) is 5.56. The van der Waals surface area contributed by atoms with E-state index < -0.39 is 0 Å². The van der Waals surface area contributed by atoms with Gasteiger partial charge in [0.15, 0.2) is 0 Å². The molecule has 0 bridgehead atoms. The molecule has 0 aromatic heterocycles. The molecule has 2 N–H and O–H groups in total. The minimum Gasteiger partial charge on any atom is -0.396 e. The predicted octanol–water partition coefficient (Wildman–Crippen LogP) is 1.14. The normalized spacial score (nSPS) is 15.3. The summed E-state index contributed by atoms with van der Waals surface area (Å²) in [4.78, 5) is 13.2. The van der Waals surface area contributed by atoms with E-state index >= 15 is 0 Å². The second-order valence-corrected chi connectivity index (χ2v) is 3.88. The van der Waals surface area contributed by atoms with E-state index in [9.17, 15) is 4.79 Å². The van der Waals surface area contributed by atoms with Gasteiger partial charge in [-0.05, 0) is 30.5 Å². The van der Waals surface area contributed by atoms with E-state index in [-0.39, 0.29) is 12.6 Å². The number of nitrogens with zero attached hydrogens (tertiary/aromatic N) is 1. The van der Waals surface area contributed by atoms with Gasteiger partial charge in [0.05, 0.1) is 0 Å². The molecule has 2 amide bonds. The number of hydrogen-bond donors (Lipinski definition) is 2. The maximum atomic E-state index is 11.5. The maximum absolute atomic E-state index is 11.5. The molecule has 16 heavy (non-hydrogen) atoms. The van der Waals surface area contributed by atoms with Crippen LogP contribution in [-0.2, 0) is 6.42 Å². The molecule has 1 saturated heterocycles. The van der Waals surface area contributed by atoms with E-state index in [0.717, 1.165) is 30.6 Å². The Labute approximate surface area is 94.9 Å². The van der Waals surface area contributed by atoms with Crippen molar-refractivity contribution in [2.24, 2.45) is 0 Å². The molecule has 4 nitrogen and oxygen atoms in total. The van der Waals surface area contributed by atoms with Crippen LogP contribution >= 0.6 is 0 Å². The van der Waals surface area contributed by atoms with E-state index in [1.807, 2.05) is 24.3 Å². The number of amides is 2. The minimum absolute atomic E-state index is 0.0284. The number of aliphatic hydroxyl groups excluding tert-OH is 1. The molecule has 1 fully saturated rings. The van der Waals surface area contributed by atoms with Crippen molar-refractivity contribution < 1.29 is 9.90 Å². The van der Waals surface area contributed by atoms with Gasteiger partial charge in [-0.1, -0.05) is 12.1 Å². The highest BCUT2D eigenvalue weighted by Gasteiger charge is 2.20. The summed E-state index contributed by atoms with van der Waals surface area (Å²) in [6.45, 7) is 1.64. The molecule has 1 aromatic carbocycles. The molecular formula is C12H16N2O2. The van der Waals surface area contributed by atoms with Gasteiger partial charge in [0, 0.05) is 25.4 Å². The number of urea groups is 1. The zero-order valence-electron chi connectivity index (χ0n) is 9.15. The second-order valence-electron chi connectivity index (χ2n) is 3.88. The molecule has 0 aliphatic carbocycles. The van der Waals surface area contributed by atoms with Crippen LogP contribution in [0, 0.1) is 0 Å². The molecule has 1 aliphatic heterocycles. The van der Waals surface area contributed by atoms with Gasteiger partial charge >= 0.3 is 6.03 Å². The highest BCUT2D eigenvalue weighted by atomic mass is 16.2. The number of carbonyl (C=O) groups excluding carboxylic acids is 1. The Morgan fingerprint density at radius 1 is 1.44 bits per heavy atom. The number of benzene rings is 1. The summed E-state index contributed by atoms with van der Waals surface area (Å²) in [5.41, 5.74) is 2.09. The van der Waals surface area contributed by atoms with Crippen LogP contribution in [0.25, 0.3) is 0 Å². The number of carbonyl (C=O) groups is 1. The topological polar surface area (TPSA) is 52.6 Å². The van der Waals surface area contributed by atoms with Crippen molar-refractivity contribution >= 4 is 11.7 Å². The average Bonchev–Trinajstić information content (AvgIpc) is 2.73. The molecule has 0 spiro atoms. The van der Waals surface area contributed by atoms with Crippen molar-refractivity contribution in [1.82, 2.24) is 5.32 Å². The van der Waals surface area contributed by atoms with Crippen LogP contribution in [0.5, 0.6) is 0 Å². The van der Waals surface area contributed by atoms with Crippen molar-refractivity contribution in [3.63, 3.8) is 0 Å². The van der Waals surface area contributed by atoms with Gasteiger partial charge in [-0.15, -0.1) is 0 Å². The first-order chi connectivity index (χ1) is 7.81. The lowest BCUT2D eigenvalue weighted by molar-refractivity contribution is 0.252. The largest absolute Gasteiger partial charge is 0.396 e. The van der Waals surface area contributed by atoms with Crippen LogP contribution in [0.3, 0.4) is 0 Å². The average molecular weight is 220 g/mol. The summed E-state index contributed by atoms with van der Waals surface area (Å²) >= 11 is 0. The number of aryl methyl sites for hydroxylation is 1. The van der Waals surface area contributed by atoms with Crippen molar-refractivity contribution in [1.29, 1.82) is 0 Å². The summed E-state index contributed by atoms with van der Waals surface area (Å²) in [5, 5.41) is 11.6. The third-order valence-electron chi connectivity index (χ3n) is 2.70. The smallest absolute Gasteiger partial charge is 0.321 e. The van der Waals surface area contributed by atoms with Crippen LogP contribution in [0.1, 0.15) is 12.0 Å². The van der Waals surface area contributed by atoms with Crippen LogP contribution in [0.15, 0.2) is 24.3 Å². The van der Waals surface area contributed by atoms with E-state index in [1.165, 1.54) is 0 Å². The molecule has 86 valence electrons. The molecule has 1 aromatic rings. The lowest BCUT2D eigenvalue weighted by atomic mass is 10.1. The Morgan fingerprint density at radius 2 is 2.31 bits per heavy atom. The summed E-state index contributed by atoms with van der Waals surface area (Å²) in [5.74, 6) is 0. The number of aliphatic hydroxyl groups is 1. The van der Waals surface area contributed by atoms with Crippen LogP contribution in [-0.4, -0.2) is 30.8 Å². The van der Waals surface area contributed by atoms with Gasteiger partial charge in [0.1, 0.15) is 0 Å². The third-order valence-corrected chi connectivity index (χ3v) is 2.70. The summed E-state index contributed by atoms with van der Waals surface area (Å²) in [6.07, 6.45) is 1.61. The predicted molar refractivity (Wildman–Crippen MR) is 62.6 cm³/mol. The van der Waals surface area contributed by atoms with E-state index in [1.54, 1.807) is 4.90 Å². The summed E-state index contributed by atoms with van der Waals surface area (Å²) < 4.78 is 0. The molecule has 0 atom stereocenters. The Bertz CT molecular complexity index is 379. The molecule has 0 unspecified atom stereocenters. The van der Waals surface area contributed by atoms with E-state index in [0.29, 0.717) is 6.54 Å². The lowest BCUT2D eigenvalue weighted by Crippen LogP contribution is -2.27. The van der Waals surface area contributed by atoms with Gasteiger partial charge in [-0.25, -0.2) is 4.79 Å². The molecule has 0 saturated carbocycles. The first-order valence-corrected chi connectivity index (χ1v) is 5.56. The fourth-order valence-corrected chi connectivity index (χ4v) is 1.88. The maximum Gasteiger partial charge on any atom is 0.321 e. The van der Waals surface area contributed by atoms with Crippen LogP contribution in [0.4, 0.5) is 10.5 Å². The number of anilines is 1. The monoisotopic (exact) mass is 220 g/mol. The summed E-state index contributed by atoms with van der Waals surface area (Å²) in [6, 6.07) is 7.90. The molecule has 0 radical (unpaired) electrons. The number of hydrogen-bond acceptors (Lipinski definition) is 2. The first kappa shape index (κ1) is 11.0. The quantitative estimate of drug-likeness (QED) is 0.799. The van der Waals surface area contributed by atoms with Crippen molar-refractivity contribution in [3.8, 4) is 0 Å². The van der Waals surface area contributed by atoms with Gasteiger partial charge in [-0.2, -0.15) is 0 Å². The van der Waals surface area contributed by atoms with Crippen molar-refractivity contribution in [2.45, 2.75) is 12.8 Å². The number of rotatable bonds is 4. The van der Waals surface area contributed by atoms with Gasteiger partial charge in [0.25, 0.3) is 0 Å². The molecule has 1 heterocycles. The fourth-order valence-electron chi connectivity index (χ4n) is 1.88. The van der Waals surface area contributed by atoms with Crippen molar-refractivity contribution in [2.75, 3.05) is 24.6 Å². The van der Waals surface area contributed by atoms with Crippen molar-refractivity contribution in [3.05, 3.63) is 29.8 Å². The third kappa shape index (κ3) is 2.33. The zero-order valence-corrected chi connectivity index (χ0v) is 9.15. The molecule has 2 rings (SSSR count). The van der Waals surface area contributed by atoms with Gasteiger partial charge < -0.3 is 10.4 Å². The molecule has 4 heteroatoms. The highest BCUT2D eigenvalue weighted by Crippen LogP contribution is 2.18. The fraction of sp³-hybridized carbons (Fsp3) is 0.417. The SMILES string of the molecule is O=C1NCCN1c1cccc(CCCO)c1.